The van der Waals surface area contributed by atoms with E-state index in [1.165, 1.54) is 19.2 Å². The minimum Gasteiger partial charge on any atom is -0.494 e. The Morgan fingerprint density at radius 3 is 2.63 bits per heavy atom. The number of anilines is 1. The number of aryl methyl sites for hydroxylation is 1. The van der Waals surface area contributed by atoms with Crippen LogP contribution in [-0.2, 0) is 10.0 Å². The normalized spacial score (nSPS) is 11.3. The van der Waals surface area contributed by atoms with Crippen molar-refractivity contribution in [1.29, 1.82) is 0 Å². The van der Waals surface area contributed by atoms with Crippen LogP contribution in [0.5, 0.6) is 5.75 Å². The summed E-state index contributed by atoms with van der Waals surface area (Å²) in [5.74, 6) is -0.774. The predicted molar refractivity (Wildman–Crippen MR) is 68.4 cm³/mol. The van der Waals surface area contributed by atoms with Gasteiger partial charge in [-0.15, -0.1) is 10.2 Å². The van der Waals surface area contributed by atoms with Crippen LogP contribution in [0.4, 0.5) is 9.52 Å². The summed E-state index contributed by atoms with van der Waals surface area (Å²) in [5, 5.41) is 8.09. The molecule has 1 N–H and O–H groups in total. The van der Waals surface area contributed by atoms with Crippen molar-refractivity contribution in [3.63, 3.8) is 0 Å². The molecular formula is C10H10FN3O3S2. The van der Waals surface area contributed by atoms with Crippen molar-refractivity contribution in [2.75, 3.05) is 11.8 Å². The van der Waals surface area contributed by atoms with Gasteiger partial charge in [-0.2, -0.15) is 0 Å². The molecule has 9 heteroatoms. The number of benzene rings is 1. The summed E-state index contributed by atoms with van der Waals surface area (Å²) in [6, 6.07) is 3.38. The zero-order valence-electron chi connectivity index (χ0n) is 10.0. The van der Waals surface area contributed by atoms with Gasteiger partial charge in [-0.1, -0.05) is 11.3 Å². The van der Waals surface area contributed by atoms with E-state index in [0.29, 0.717) is 5.01 Å². The van der Waals surface area contributed by atoms with Gasteiger partial charge in [-0.25, -0.2) is 12.8 Å². The zero-order chi connectivity index (χ0) is 14.0. The molecule has 0 amide bonds. The molecule has 0 aliphatic carbocycles. The fourth-order valence-electron chi connectivity index (χ4n) is 1.33. The molecule has 102 valence electrons. The Bertz CT molecular complexity index is 700. The van der Waals surface area contributed by atoms with Crippen molar-refractivity contribution in [3.8, 4) is 5.75 Å². The molecule has 0 saturated carbocycles. The van der Waals surface area contributed by atoms with Gasteiger partial charge in [0.15, 0.2) is 11.6 Å². The second-order valence-electron chi connectivity index (χ2n) is 3.53. The van der Waals surface area contributed by atoms with Gasteiger partial charge in [0.25, 0.3) is 10.0 Å². The monoisotopic (exact) mass is 303 g/mol. The molecule has 1 aromatic carbocycles. The Morgan fingerprint density at radius 1 is 1.37 bits per heavy atom. The molecule has 0 spiro atoms. The molecule has 19 heavy (non-hydrogen) atoms. The van der Waals surface area contributed by atoms with Crippen molar-refractivity contribution >= 4 is 26.5 Å². The lowest BCUT2D eigenvalue weighted by Crippen LogP contribution is -2.13. The second kappa shape index (κ2) is 5.10. The quantitative estimate of drug-likeness (QED) is 0.931. The first-order valence-electron chi connectivity index (χ1n) is 5.09. The van der Waals surface area contributed by atoms with Crippen LogP contribution in [-0.4, -0.2) is 25.7 Å². The van der Waals surface area contributed by atoms with E-state index >= 15 is 0 Å². The van der Waals surface area contributed by atoms with Gasteiger partial charge >= 0.3 is 0 Å². The molecule has 0 bridgehead atoms. The van der Waals surface area contributed by atoms with Crippen LogP contribution in [0.15, 0.2) is 23.1 Å². The smallest absolute Gasteiger partial charge is 0.263 e. The summed E-state index contributed by atoms with van der Waals surface area (Å²) in [7, 11) is -2.58. The number of methoxy groups -OCH3 is 1. The predicted octanol–water partition coefficient (Wildman–Crippen LogP) is 1.80. The summed E-state index contributed by atoms with van der Waals surface area (Å²) in [5.41, 5.74) is 0. The molecule has 2 aromatic rings. The maximum atomic E-state index is 13.5. The molecule has 6 nitrogen and oxygen atoms in total. The molecule has 0 aliphatic rings. The number of aromatic nitrogens is 2. The van der Waals surface area contributed by atoms with Crippen LogP contribution in [0.3, 0.4) is 0 Å². The maximum Gasteiger partial charge on any atom is 0.263 e. The molecule has 0 saturated heterocycles. The maximum absolute atomic E-state index is 13.5. The van der Waals surface area contributed by atoms with Gasteiger partial charge in [0.2, 0.25) is 5.13 Å². The lowest BCUT2D eigenvalue weighted by Gasteiger charge is -2.06. The number of sulfonamides is 1. The first kappa shape index (κ1) is 13.7. The van der Waals surface area contributed by atoms with Crippen molar-refractivity contribution < 1.29 is 17.5 Å². The number of ether oxygens (including phenoxy) is 1. The van der Waals surface area contributed by atoms with Crippen molar-refractivity contribution in [3.05, 3.63) is 29.0 Å². The number of halogens is 1. The van der Waals surface area contributed by atoms with Crippen molar-refractivity contribution in [2.24, 2.45) is 0 Å². The Morgan fingerprint density at radius 2 is 2.11 bits per heavy atom. The Balaban J connectivity index is 2.31. The molecule has 0 unspecified atom stereocenters. The van der Waals surface area contributed by atoms with Crippen LogP contribution in [0.1, 0.15) is 5.01 Å². The third-order valence-electron chi connectivity index (χ3n) is 2.18. The molecule has 0 aliphatic heterocycles. The van der Waals surface area contributed by atoms with Crippen LogP contribution in [0.25, 0.3) is 0 Å². The van der Waals surface area contributed by atoms with Crippen LogP contribution >= 0.6 is 11.3 Å². The highest BCUT2D eigenvalue weighted by atomic mass is 32.2. The molecular weight excluding hydrogens is 293 g/mol. The number of rotatable bonds is 4. The topological polar surface area (TPSA) is 81.2 Å². The minimum atomic E-state index is -3.89. The lowest BCUT2D eigenvalue weighted by molar-refractivity contribution is 0.385. The van der Waals surface area contributed by atoms with E-state index in [9.17, 15) is 12.8 Å². The Kier molecular flexibility index (Phi) is 3.67. The number of nitrogens with one attached hydrogen (secondary N) is 1. The minimum absolute atomic E-state index is 0.0225. The molecule has 0 fully saturated rings. The fourth-order valence-corrected chi connectivity index (χ4v) is 3.16. The SMILES string of the molecule is COc1ccc(S(=O)(=O)Nc2nnc(C)s2)cc1F. The molecule has 1 heterocycles. The van der Waals surface area contributed by atoms with E-state index in [2.05, 4.69) is 14.9 Å². The zero-order valence-corrected chi connectivity index (χ0v) is 11.7. The van der Waals surface area contributed by atoms with E-state index in [-0.39, 0.29) is 15.8 Å². The fraction of sp³-hybridized carbons (Fsp3) is 0.200. The van der Waals surface area contributed by atoms with Gasteiger partial charge in [0, 0.05) is 0 Å². The van der Waals surface area contributed by atoms with E-state index in [0.717, 1.165) is 17.4 Å². The van der Waals surface area contributed by atoms with E-state index in [1.807, 2.05) is 0 Å². The number of hydrogen-bond acceptors (Lipinski definition) is 6. The van der Waals surface area contributed by atoms with Gasteiger partial charge in [0.1, 0.15) is 5.01 Å². The van der Waals surface area contributed by atoms with Gasteiger partial charge < -0.3 is 4.74 Å². The number of hydrogen-bond donors (Lipinski definition) is 1. The average Bonchev–Trinajstić information content (AvgIpc) is 2.73. The van der Waals surface area contributed by atoms with Crippen LogP contribution in [0, 0.1) is 12.7 Å². The Labute approximate surface area is 113 Å². The lowest BCUT2D eigenvalue weighted by atomic mass is 10.3. The standard InChI is InChI=1S/C10H10FN3O3S2/c1-6-12-13-10(18-6)14-19(15,16)7-3-4-9(17-2)8(11)5-7/h3-5H,1-2H3,(H,13,14). The highest BCUT2D eigenvalue weighted by molar-refractivity contribution is 7.93. The molecule has 0 radical (unpaired) electrons. The molecule has 2 rings (SSSR count). The average molecular weight is 303 g/mol. The first-order chi connectivity index (χ1) is 8.92. The highest BCUT2D eigenvalue weighted by Gasteiger charge is 2.18. The largest absolute Gasteiger partial charge is 0.494 e. The molecule has 0 atom stereocenters. The van der Waals surface area contributed by atoms with Gasteiger partial charge in [-0.05, 0) is 25.1 Å². The summed E-state index contributed by atoms with van der Waals surface area (Å²) in [4.78, 5) is -0.210. The second-order valence-corrected chi connectivity index (χ2v) is 6.39. The van der Waals surface area contributed by atoms with E-state index in [1.54, 1.807) is 6.92 Å². The Hall–Kier alpha value is -1.74. The third kappa shape index (κ3) is 2.99. The summed E-state index contributed by atoms with van der Waals surface area (Å²) >= 11 is 1.09. The van der Waals surface area contributed by atoms with E-state index < -0.39 is 15.8 Å². The van der Waals surface area contributed by atoms with Crippen LogP contribution < -0.4 is 9.46 Å². The van der Waals surface area contributed by atoms with Gasteiger partial charge in [-0.3, -0.25) is 4.72 Å². The van der Waals surface area contributed by atoms with E-state index in [4.69, 9.17) is 4.74 Å². The third-order valence-corrected chi connectivity index (χ3v) is 4.40. The van der Waals surface area contributed by atoms with Crippen molar-refractivity contribution in [2.45, 2.75) is 11.8 Å². The molecule has 1 aromatic heterocycles. The summed E-state index contributed by atoms with van der Waals surface area (Å²) in [6.07, 6.45) is 0. The van der Waals surface area contributed by atoms with Crippen LogP contribution in [0.2, 0.25) is 0 Å². The summed E-state index contributed by atoms with van der Waals surface area (Å²) in [6.45, 7) is 1.70. The highest BCUT2D eigenvalue weighted by Crippen LogP contribution is 2.23. The summed E-state index contributed by atoms with van der Waals surface area (Å²) < 4.78 is 44.4. The van der Waals surface area contributed by atoms with Crippen molar-refractivity contribution in [1.82, 2.24) is 10.2 Å². The first-order valence-corrected chi connectivity index (χ1v) is 7.39. The number of nitrogens with zero attached hydrogens (tertiary/aromatic N) is 2. The van der Waals surface area contributed by atoms with Gasteiger partial charge in [0.05, 0.1) is 12.0 Å².